The molecule has 1 atom stereocenters. The van der Waals surface area contributed by atoms with E-state index in [0.29, 0.717) is 5.56 Å². The molecule has 0 spiro atoms. The van der Waals surface area contributed by atoms with Crippen molar-refractivity contribution >= 4 is 16.7 Å². The van der Waals surface area contributed by atoms with Gasteiger partial charge in [-0.15, -0.1) is 0 Å². The maximum atomic E-state index is 13.9. The van der Waals surface area contributed by atoms with Gasteiger partial charge in [-0.05, 0) is 35.9 Å². The molecule has 1 aromatic heterocycles. The maximum Gasteiger partial charge on any atom is 0.450 e. The van der Waals surface area contributed by atoms with Crippen molar-refractivity contribution in [2.24, 2.45) is 0 Å². The Morgan fingerprint density at radius 1 is 1.06 bits per heavy atom. The van der Waals surface area contributed by atoms with Crippen molar-refractivity contribution in [2.75, 3.05) is 7.11 Å². The molecule has 7 nitrogen and oxygen atoms in total. The highest BCUT2D eigenvalue weighted by Gasteiger charge is 2.40. The van der Waals surface area contributed by atoms with Crippen LogP contribution in [0.5, 0.6) is 11.5 Å². The molecular formula is C24H18F3NO6. The van der Waals surface area contributed by atoms with E-state index >= 15 is 0 Å². The van der Waals surface area contributed by atoms with Crippen LogP contribution in [-0.4, -0.2) is 12.3 Å². The number of para-hydroxylation sites is 1. The predicted molar refractivity (Wildman–Crippen MR) is 116 cm³/mol. The largest absolute Gasteiger partial charge is 0.595 e. The minimum absolute atomic E-state index is 0.0288. The minimum Gasteiger partial charge on any atom is -0.595 e. The molecule has 0 aliphatic heterocycles. The first kappa shape index (κ1) is 23.3. The van der Waals surface area contributed by atoms with Crippen molar-refractivity contribution in [3.8, 4) is 22.6 Å². The topological polar surface area (TPSA) is 96.4 Å². The van der Waals surface area contributed by atoms with Crippen LogP contribution in [0.1, 0.15) is 11.3 Å². The highest BCUT2D eigenvalue weighted by atomic mass is 19.4. The second-order valence-corrected chi connectivity index (χ2v) is 7.28. The lowest BCUT2D eigenvalue weighted by Gasteiger charge is -2.15. The Bertz CT molecular complexity index is 1380. The molecule has 4 aromatic rings. The van der Waals surface area contributed by atoms with Gasteiger partial charge in [-0.1, -0.05) is 18.2 Å². The van der Waals surface area contributed by atoms with Crippen LogP contribution in [0.4, 0.5) is 18.9 Å². The standard InChI is InChI=1S/C24H18F3NO6/c1-32-19-5-3-2-4-17(19)21-22(29)18-11-10-16(12-20(18)34-23(21)24(25,26)27)33-13-14-6-8-15(9-7-14)28(30)31/h2-12,28,30H,13H2,1H3. The highest BCUT2D eigenvalue weighted by Crippen LogP contribution is 2.40. The van der Waals surface area contributed by atoms with Crippen LogP contribution >= 0.6 is 0 Å². The maximum absolute atomic E-state index is 13.9. The Morgan fingerprint density at radius 2 is 1.76 bits per heavy atom. The number of fused-ring (bicyclic) bond motifs is 1. The summed E-state index contributed by atoms with van der Waals surface area (Å²) in [7, 11) is 1.30. The van der Waals surface area contributed by atoms with E-state index in [0.717, 1.165) is 0 Å². The summed E-state index contributed by atoms with van der Waals surface area (Å²) in [6.45, 7) is 0.0288. The normalized spacial score (nSPS) is 12.5. The average Bonchev–Trinajstić information content (AvgIpc) is 2.82. The van der Waals surface area contributed by atoms with E-state index in [1.54, 1.807) is 18.2 Å². The van der Waals surface area contributed by atoms with Gasteiger partial charge in [0.25, 0.3) is 0 Å². The summed E-state index contributed by atoms with van der Waals surface area (Å²) in [6.07, 6.45) is -4.94. The van der Waals surface area contributed by atoms with Crippen molar-refractivity contribution in [2.45, 2.75) is 12.8 Å². The molecule has 10 heteroatoms. The molecule has 4 rings (SSSR count). The molecule has 0 fully saturated rings. The lowest BCUT2D eigenvalue weighted by Crippen LogP contribution is -2.99. The Kier molecular flexibility index (Phi) is 6.29. The fourth-order valence-corrected chi connectivity index (χ4v) is 3.47. The smallest absolute Gasteiger partial charge is 0.450 e. The Labute approximate surface area is 190 Å². The van der Waals surface area contributed by atoms with Gasteiger partial charge < -0.3 is 19.1 Å². The van der Waals surface area contributed by atoms with Crippen LogP contribution in [0.3, 0.4) is 0 Å². The SMILES string of the molecule is COc1ccccc1-c1c(C(F)(F)F)oc2cc(OCc3ccc([NH+]([O-])O)cc3)ccc2c1=O. The summed E-state index contributed by atoms with van der Waals surface area (Å²) in [6, 6.07) is 15.8. The van der Waals surface area contributed by atoms with Gasteiger partial charge >= 0.3 is 6.18 Å². The van der Waals surface area contributed by atoms with Crippen LogP contribution in [0, 0.1) is 5.21 Å². The number of nitrogens with one attached hydrogen (secondary N) is 1. The Hall–Kier alpha value is -3.86. The zero-order valence-electron chi connectivity index (χ0n) is 17.7. The predicted octanol–water partition coefficient (Wildman–Crippen LogP) is 4.47. The molecule has 0 radical (unpaired) electrons. The van der Waals surface area contributed by atoms with Gasteiger partial charge in [-0.3, -0.25) is 4.79 Å². The number of hydrogen-bond acceptors (Lipinski definition) is 6. The Morgan fingerprint density at radius 3 is 2.41 bits per heavy atom. The lowest BCUT2D eigenvalue weighted by atomic mass is 10.0. The second kappa shape index (κ2) is 9.18. The third-order valence-corrected chi connectivity index (χ3v) is 5.10. The Balaban J connectivity index is 1.74. The van der Waals surface area contributed by atoms with E-state index < -0.39 is 28.2 Å². The van der Waals surface area contributed by atoms with Gasteiger partial charge in [0.05, 0.1) is 18.1 Å². The molecular weight excluding hydrogens is 455 g/mol. The number of ether oxygens (including phenoxy) is 2. The molecule has 176 valence electrons. The first-order chi connectivity index (χ1) is 16.2. The molecule has 0 bridgehead atoms. The van der Waals surface area contributed by atoms with E-state index in [1.807, 2.05) is 0 Å². The number of quaternary nitrogens is 1. The highest BCUT2D eigenvalue weighted by molar-refractivity contribution is 5.85. The molecule has 0 saturated heterocycles. The summed E-state index contributed by atoms with van der Waals surface area (Å²) in [4.78, 5) is 13.1. The van der Waals surface area contributed by atoms with E-state index in [4.69, 9.17) is 19.1 Å². The second-order valence-electron chi connectivity index (χ2n) is 7.28. The number of alkyl halides is 3. The first-order valence-electron chi connectivity index (χ1n) is 9.95. The zero-order chi connectivity index (χ0) is 24.5. The van der Waals surface area contributed by atoms with Crippen LogP contribution in [-0.2, 0) is 12.8 Å². The number of methoxy groups -OCH3 is 1. The number of halogens is 3. The van der Waals surface area contributed by atoms with E-state index in [1.165, 1.54) is 55.6 Å². The quantitative estimate of drug-likeness (QED) is 0.401. The minimum atomic E-state index is -4.94. The van der Waals surface area contributed by atoms with E-state index in [-0.39, 0.29) is 40.3 Å². The lowest BCUT2D eigenvalue weighted by molar-refractivity contribution is -0.991. The molecule has 0 aliphatic carbocycles. The molecule has 2 N–H and O–H groups in total. The van der Waals surface area contributed by atoms with E-state index in [9.17, 15) is 23.2 Å². The summed E-state index contributed by atoms with van der Waals surface area (Å²) in [5, 5.41) is 18.8. The molecule has 1 unspecified atom stereocenters. The summed E-state index contributed by atoms with van der Waals surface area (Å²) >= 11 is 0. The van der Waals surface area contributed by atoms with Gasteiger partial charge in [0.1, 0.15) is 23.7 Å². The molecule has 0 saturated carbocycles. The van der Waals surface area contributed by atoms with Crippen molar-refractivity contribution in [1.29, 1.82) is 0 Å². The monoisotopic (exact) mass is 473 g/mol. The fourth-order valence-electron chi connectivity index (χ4n) is 3.47. The van der Waals surface area contributed by atoms with Crippen LogP contribution in [0.15, 0.2) is 75.9 Å². The molecule has 1 heterocycles. The molecule has 34 heavy (non-hydrogen) atoms. The van der Waals surface area contributed by atoms with Gasteiger partial charge in [-0.25, -0.2) is 5.21 Å². The molecule has 0 aliphatic rings. The summed E-state index contributed by atoms with van der Waals surface area (Å²) in [5.74, 6) is -1.15. The third-order valence-electron chi connectivity index (χ3n) is 5.10. The van der Waals surface area contributed by atoms with Crippen LogP contribution in [0.2, 0.25) is 0 Å². The van der Waals surface area contributed by atoms with Gasteiger partial charge in [0.15, 0.2) is 5.69 Å². The van der Waals surface area contributed by atoms with Crippen molar-refractivity contribution < 1.29 is 37.5 Å². The number of hydrogen-bond donors (Lipinski definition) is 2. The van der Waals surface area contributed by atoms with Gasteiger partial charge in [0.2, 0.25) is 11.2 Å². The van der Waals surface area contributed by atoms with Gasteiger partial charge in [-0.2, -0.15) is 18.4 Å². The van der Waals surface area contributed by atoms with Crippen LogP contribution in [0.25, 0.3) is 22.1 Å². The van der Waals surface area contributed by atoms with Crippen molar-refractivity contribution in [3.63, 3.8) is 0 Å². The zero-order valence-corrected chi connectivity index (χ0v) is 17.7. The van der Waals surface area contributed by atoms with Crippen molar-refractivity contribution in [1.82, 2.24) is 0 Å². The van der Waals surface area contributed by atoms with E-state index in [2.05, 4.69) is 0 Å². The van der Waals surface area contributed by atoms with Crippen LogP contribution < -0.4 is 20.1 Å². The fraction of sp³-hybridized carbons (Fsp3) is 0.125. The van der Waals surface area contributed by atoms with Gasteiger partial charge in [0, 0.05) is 23.8 Å². The van der Waals surface area contributed by atoms with Crippen molar-refractivity contribution in [3.05, 3.63) is 93.5 Å². The number of benzene rings is 3. The third kappa shape index (κ3) is 4.60. The molecule has 3 aromatic carbocycles. The molecule has 0 amide bonds. The summed E-state index contributed by atoms with van der Waals surface area (Å²) in [5.41, 5.74) is -1.04. The summed E-state index contributed by atoms with van der Waals surface area (Å²) < 4.78 is 57.6. The first-order valence-corrected chi connectivity index (χ1v) is 9.95. The number of rotatable bonds is 6. The average molecular weight is 473 g/mol.